The first-order valence-corrected chi connectivity index (χ1v) is 13.4. The van der Waals surface area contributed by atoms with Gasteiger partial charge in [0.15, 0.2) is 11.5 Å². The minimum atomic E-state index is -3.70. The van der Waals surface area contributed by atoms with E-state index in [0.29, 0.717) is 42.3 Å². The van der Waals surface area contributed by atoms with Gasteiger partial charge in [0.1, 0.15) is 11.8 Å². The number of hydrogen-bond donors (Lipinski definition) is 2. The first-order valence-electron chi connectivity index (χ1n) is 11.9. The lowest BCUT2D eigenvalue weighted by atomic mass is 9.89. The highest BCUT2D eigenvalue weighted by molar-refractivity contribution is 7.89. The highest BCUT2D eigenvalue weighted by Gasteiger charge is 2.36. The van der Waals surface area contributed by atoms with Crippen LogP contribution >= 0.6 is 0 Å². The lowest BCUT2D eigenvalue weighted by Crippen LogP contribution is -2.54. The summed E-state index contributed by atoms with van der Waals surface area (Å²) < 4.78 is 48.4. The van der Waals surface area contributed by atoms with Crippen molar-refractivity contribution >= 4 is 21.8 Å². The zero-order chi connectivity index (χ0) is 26.4. The molecule has 2 heterocycles. The van der Waals surface area contributed by atoms with Crippen LogP contribution in [-0.2, 0) is 19.6 Å². The minimum absolute atomic E-state index is 0.0863. The molecule has 0 aromatic heterocycles. The van der Waals surface area contributed by atoms with Crippen LogP contribution in [0.1, 0.15) is 23.2 Å². The lowest BCUT2D eigenvalue weighted by molar-refractivity contribution is -0.124. The number of nitrogens with zero attached hydrogens (tertiary/aromatic N) is 1. The second-order valence-corrected chi connectivity index (χ2v) is 10.7. The maximum atomic E-state index is 13.1. The topological polar surface area (TPSA) is 132 Å². The molecule has 0 saturated carbocycles. The quantitative estimate of drug-likeness (QED) is 0.438. The highest BCUT2D eigenvalue weighted by atomic mass is 32.2. The molecule has 0 bridgehead atoms. The number of carbonyl (C=O) groups is 2. The fourth-order valence-electron chi connectivity index (χ4n) is 4.39. The molecule has 2 aromatic rings. The zero-order valence-electron chi connectivity index (χ0n) is 20.8. The Balaban J connectivity index is 1.45. The Morgan fingerprint density at radius 1 is 1.05 bits per heavy atom. The molecule has 2 aliphatic rings. The molecule has 12 heteroatoms. The Labute approximate surface area is 216 Å². The van der Waals surface area contributed by atoms with Gasteiger partial charge in [0.05, 0.1) is 18.6 Å². The van der Waals surface area contributed by atoms with Gasteiger partial charge in [0.2, 0.25) is 22.7 Å². The fraction of sp³-hybridized carbons (Fsp3) is 0.440. The maximum absolute atomic E-state index is 13.1. The summed E-state index contributed by atoms with van der Waals surface area (Å²) in [6.07, 6.45) is 0.804. The van der Waals surface area contributed by atoms with Gasteiger partial charge in [-0.3, -0.25) is 9.59 Å². The molecule has 37 heavy (non-hydrogen) atoms. The molecule has 200 valence electrons. The molecule has 1 unspecified atom stereocenters. The maximum Gasteiger partial charge on any atom is 0.252 e. The first-order chi connectivity index (χ1) is 17.8. The Morgan fingerprint density at radius 3 is 2.43 bits per heavy atom. The van der Waals surface area contributed by atoms with Crippen LogP contribution in [0.4, 0.5) is 0 Å². The van der Waals surface area contributed by atoms with E-state index in [-0.39, 0.29) is 43.1 Å². The molecule has 0 spiro atoms. The number of benzene rings is 2. The van der Waals surface area contributed by atoms with Crippen LogP contribution in [-0.4, -0.2) is 77.8 Å². The van der Waals surface area contributed by atoms with E-state index in [4.69, 9.17) is 18.9 Å². The van der Waals surface area contributed by atoms with Crippen molar-refractivity contribution in [3.8, 4) is 17.2 Å². The van der Waals surface area contributed by atoms with E-state index in [2.05, 4.69) is 10.6 Å². The van der Waals surface area contributed by atoms with E-state index in [1.807, 2.05) is 0 Å². The number of sulfonamides is 1. The van der Waals surface area contributed by atoms with Gasteiger partial charge in [0, 0.05) is 32.3 Å². The SMILES string of the molecule is COCCNC(=O)C(NC(=O)c1ccc2c(c1)OCO2)C1CCN(S(=O)(=O)c2ccc(OC)cc2)CC1. The van der Waals surface area contributed by atoms with Crippen molar-refractivity contribution in [3.63, 3.8) is 0 Å². The fourth-order valence-corrected chi connectivity index (χ4v) is 5.86. The van der Waals surface area contributed by atoms with Gasteiger partial charge in [-0.05, 0) is 61.2 Å². The second-order valence-electron chi connectivity index (χ2n) is 8.72. The Hall–Kier alpha value is -3.35. The van der Waals surface area contributed by atoms with Crippen molar-refractivity contribution in [3.05, 3.63) is 48.0 Å². The summed E-state index contributed by atoms with van der Waals surface area (Å²) in [6.45, 7) is 1.15. The van der Waals surface area contributed by atoms with E-state index in [0.717, 1.165) is 0 Å². The Kier molecular flexibility index (Phi) is 8.52. The molecule has 1 atom stereocenters. The van der Waals surface area contributed by atoms with Crippen molar-refractivity contribution in [2.75, 3.05) is 47.3 Å². The molecule has 1 saturated heterocycles. The highest BCUT2D eigenvalue weighted by Crippen LogP contribution is 2.33. The summed E-state index contributed by atoms with van der Waals surface area (Å²) in [5.41, 5.74) is 0.332. The summed E-state index contributed by atoms with van der Waals surface area (Å²) in [6, 6.07) is 10.2. The molecular formula is C25H31N3O8S. The van der Waals surface area contributed by atoms with Crippen molar-refractivity contribution in [2.45, 2.75) is 23.8 Å². The van der Waals surface area contributed by atoms with Gasteiger partial charge in [-0.2, -0.15) is 4.31 Å². The third-order valence-corrected chi connectivity index (χ3v) is 8.39. The van der Waals surface area contributed by atoms with Crippen LogP contribution in [0.15, 0.2) is 47.4 Å². The third kappa shape index (κ3) is 6.14. The average molecular weight is 534 g/mol. The molecular weight excluding hydrogens is 502 g/mol. The third-order valence-electron chi connectivity index (χ3n) is 6.48. The monoisotopic (exact) mass is 533 g/mol. The van der Waals surface area contributed by atoms with Crippen LogP contribution in [0.5, 0.6) is 17.2 Å². The van der Waals surface area contributed by atoms with Crippen LogP contribution in [0, 0.1) is 5.92 Å². The normalized spacial score (nSPS) is 16.7. The number of amides is 2. The average Bonchev–Trinajstić information content (AvgIpc) is 3.40. The number of fused-ring (bicyclic) bond motifs is 1. The van der Waals surface area contributed by atoms with Crippen molar-refractivity contribution in [1.29, 1.82) is 0 Å². The summed E-state index contributed by atoms with van der Waals surface area (Å²) >= 11 is 0. The van der Waals surface area contributed by atoms with Crippen molar-refractivity contribution < 1.29 is 37.0 Å². The van der Waals surface area contributed by atoms with E-state index < -0.39 is 22.0 Å². The van der Waals surface area contributed by atoms with E-state index in [1.54, 1.807) is 30.3 Å². The number of hydrogen-bond acceptors (Lipinski definition) is 8. The van der Waals surface area contributed by atoms with Crippen LogP contribution in [0.25, 0.3) is 0 Å². The number of piperidine rings is 1. The standard InChI is InChI=1S/C25H31N3O8S/c1-33-14-11-26-25(30)23(27-24(29)18-3-8-21-22(15-18)36-16-35-21)17-9-12-28(13-10-17)37(31,32)20-6-4-19(34-2)5-7-20/h3-8,15,17,23H,9-14,16H2,1-2H3,(H,26,30)(H,27,29). The molecule has 2 amide bonds. The molecule has 4 rings (SSSR count). The Bertz CT molecular complexity index is 1210. The zero-order valence-corrected chi connectivity index (χ0v) is 21.6. The smallest absolute Gasteiger partial charge is 0.252 e. The molecule has 0 radical (unpaired) electrons. The van der Waals surface area contributed by atoms with Crippen LogP contribution < -0.4 is 24.8 Å². The number of ether oxygens (including phenoxy) is 4. The van der Waals surface area contributed by atoms with Gasteiger partial charge in [0.25, 0.3) is 5.91 Å². The van der Waals surface area contributed by atoms with E-state index in [9.17, 15) is 18.0 Å². The number of carbonyl (C=O) groups excluding carboxylic acids is 2. The largest absolute Gasteiger partial charge is 0.497 e. The second kappa shape index (κ2) is 11.8. The summed E-state index contributed by atoms with van der Waals surface area (Å²) in [5.74, 6) is 0.545. The van der Waals surface area contributed by atoms with Gasteiger partial charge in [-0.25, -0.2) is 8.42 Å². The molecule has 1 fully saturated rings. The molecule has 2 aliphatic heterocycles. The van der Waals surface area contributed by atoms with E-state index in [1.165, 1.54) is 30.7 Å². The van der Waals surface area contributed by atoms with Crippen LogP contribution in [0.2, 0.25) is 0 Å². The molecule has 2 N–H and O–H groups in total. The van der Waals surface area contributed by atoms with Crippen molar-refractivity contribution in [1.82, 2.24) is 14.9 Å². The van der Waals surface area contributed by atoms with E-state index >= 15 is 0 Å². The predicted octanol–water partition coefficient (Wildman–Crippen LogP) is 1.39. The molecule has 0 aliphatic carbocycles. The van der Waals surface area contributed by atoms with Crippen molar-refractivity contribution in [2.24, 2.45) is 5.92 Å². The predicted molar refractivity (Wildman–Crippen MR) is 133 cm³/mol. The van der Waals surface area contributed by atoms with Crippen LogP contribution in [0.3, 0.4) is 0 Å². The molecule has 11 nitrogen and oxygen atoms in total. The number of rotatable bonds is 10. The summed E-state index contributed by atoms with van der Waals surface area (Å²) in [5, 5.41) is 5.64. The minimum Gasteiger partial charge on any atom is -0.497 e. The summed E-state index contributed by atoms with van der Waals surface area (Å²) in [7, 11) is -0.651. The van der Waals surface area contributed by atoms with Gasteiger partial charge in [-0.15, -0.1) is 0 Å². The molecule has 2 aromatic carbocycles. The number of nitrogens with one attached hydrogen (secondary N) is 2. The van der Waals surface area contributed by atoms with Gasteiger partial charge >= 0.3 is 0 Å². The Morgan fingerprint density at radius 2 is 1.76 bits per heavy atom. The summed E-state index contributed by atoms with van der Waals surface area (Å²) in [4.78, 5) is 26.3. The number of methoxy groups -OCH3 is 2. The van der Waals surface area contributed by atoms with Gasteiger partial charge in [-0.1, -0.05) is 0 Å². The van der Waals surface area contributed by atoms with Gasteiger partial charge < -0.3 is 29.6 Å². The first kappa shape index (κ1) is 26.7. The lowest BCUT2D eigenvalue weighted by Gasteiger charge is -2.35.